The quantitative estimate of drug-likeness (QED) is 0.0510. The van der Waals surface area contributed by atoms with E-state index in [1.807, 2.05) is 218 Å². The fourth-order valence-electron chi connectivity index (χ4n) is 9.64. The molecule has 1 aliphatic rings. The van der Waals surface area contributed by atoms with Crippen LogP contribution in [0.3, 0.4) is 0 Å². The van der Waals surface area contributed by atoms with Gasteiger partial charge in [-0.2, -0.15) is 0 Å². The molecule has 10 aromatic rings. The minimum Gasteiger partial charge on any atom is -0.493 e. The predicted octanol–water partition coefficient (Wildman–Crippen LogP) is 15.8. The first kappa shape index (κ1) is 55.7. The third-order valence-electron chi connectivity index (χ3n) is 14.0. The lowest BCUT2D eigenvalue weighted by Gasteiger charge is -2.35. The van der Waals surface area contributed by atoms with Gasteiger partial charge in [0, 0.05) is 35.7 Å². The molecule has 1 aliphatic heterocycles. The molecule has 10 aromatic carbocycles. The Bertz CT molecular complexity index is 3730. The Morgan fingerprint density at radius 1 is 0.417 bits per heavy atom. The van der Waals surface area contributed by atoms with E-state index in [1.54, 1.807) is 25.3 Å². The van der Waals surface area contributed by atoms with Crippen LogP contribution in [0.15, 0.2) is 243 Å². The van der Waals surface area contributed by atoms with Gasteiger partial charge in [0.1, 0.15) is 75.2 Å². The van der Waals surface area contributed by atoms with E-state index in [0.29, 0.717) is 45.6 Å². The molecule has 0 spiro atoms. The summed E-state index contributed by atoms with van der Waals surface area (Å²) in [5, 5.41) is 0. The van der Waals surface area contributed by atoms with Crippen LogP contribution in [0.1, 0.15) is 66.5 Å². The van der Waals surface area contributed by atoms with E-state index in [-0.39, 0.29) is 69.9 Å². The van der Waals surface area contributed by atoms with Crippen LogP contribution in [0.2, 0.25) is 0 Å². The van der Waals surface area contributed by atoms with E-state index < -0.39 is 29.6 Å². The molecule has 0 N–H and O–H groups in total. The van der Waals surface area contributed by atoms with Crippen molar-refractivity contribution in [1.82, 2.24) is 0 Å². The smallest absolute Gasteiger partial charge is 0.341 e. The molecule has 0 amide bonds. The summed E-state index contributed by atoms with van der Waals surface area (Å²) in [6.45, 7) is 0.892. The maximum atomic E-state index is 17.9. The molecule has 0 unspecified atom stereocenters. The number of methoxy groups -OCH3 is 1. The van der Waals surface area contributed by atoms with Gasteiger partial charge in [-0.3, -0.25) is 0 Å². The Morgan fingerprint density at radius 3 is 1.23 bits per heavy atom. The second-order valence-corrected chi connectivity index (χ2v) is 19.9. The Labute approximate surface area is 488 Å². The van der Waals surface area contributed by atoms with Crippen molar-refractivity contribution < 1.29 is 56.6 Å². The van der Waals surface area contributed by atoms with Crippen LogP contribution in [0.4, 0.5) is 4.39 Å². The highest BCUT2D eigenvalue weighted by atomic mass is 19.1. The Balaban J connectivity index is 1.02. The van der Waals surface area contributed by atoms with Crippen LogP contribution in [-0.4, -0.2) is 19.2 Å². The topological polar surface area (TPSA) is 109 Å². The van der Waals surface area contributed by atoms with Gasteiger partial charge < -0.3 is 47.4 Å². The lowest BCUT2D eigenvalue weighted by molar-refractivity contribution is -0.0195. The van der Waals surface area contributed by atoms with Gasteiger partial charge in [-0.25, -0.2) is 9.18 Å². The van der Waals surface area contributed by atoms with Crippen LogP contribution in [0.5, 0.6) is 51.7 Å². The molecule has 0 saturated heterocycles. The molecule has 0 radical (unpaired) electrons. The number of benzene rings is 10. The summed E-state index contributed by atoms with van der Waals surface area (Å²) in [5.41, 5.74) is 6.74. The molecule has 0 aliphatic carbocycles. The lowest BCUT2D eigenvalue weighted by Crippen LogP contribution is -2.35. The molecule has 84 heavy (non-hydrogen) atoms. The largest absolute Gasteiger partial charge is 0.493 e. The third-order valence-corrected chi connectivity index (χ3v) is 14.0. The number of rotatable bonds is 25. The number of carbonyl (C=O) groups excluding carboxylic acids is 1. The predicted molar refractivity (Wildman–Crippen MR) is 318 cm³/mol. The van der Waals surface area contributed by atoms with Crippen molar-refractivity contribution in [3.05, 3.63) is 304 Å². The number of halogens is 1. The second kappa shape index (κ2) is 27.5. The first-order chi connectivity index (χ1) is 41.4. The molecule has 1 heterocycles. The van der Waals surface area contributed by atoms with Gasteiger partial charge in [-0.15, -0.1) is 0 Å². The lowest BCUT2D eigenvalue weighted by atomic mass is 9.93. The molecule has 12 heteroatoms. The number of ether oxygens (including phenoxy) is 10. The zero-order valence-corrected chi connectivity index (χ0v) is 46.3. The van der Waals surface area contributed by atoms with Gasteiger partial charge in [-0.1, -0.05) is 212 Å². The molecule has 0 fully saturated rings. The molecule has 0 bridgehead atoms. The van der Waals surface area contributed by atoms with Gasteiger partial charge in [0.25, 0.3) is 0 Å². The van der Waals surface area contributed by atoms with Crippen molar-refractivity contribution >= 4 is 5.97 Å². The Morgan fingerprint density at radius 2 is 0.786 bits per heavy atom. The monoisotopic (exact) mass is 1120 g/mol. The van der Waals surface area contributed by atoms with Gasteiger partial charge in [0.15, 0.2) is 29.2 Å². The molecule has 11 rings (SSSR count). The zero-order valence-electron chi connectivity index (χ0n) is 46.3. The van der Waals surface area contributed by atoms with Crippen molar-refractivity contribution in [2.24, 2.45) is 0 Å². The van der Waals surface area contributed by atoms with Gasteiger partial charge in [0.2, 0.25) is 17.2 Å². The number of hydrogen-bond donors (Lipinski definition) is 0. The van der Waals surface area contributed by atoms with E-state index in [2.05, 4.69) is 0 Å². The number of carbonyl (C=O) groups is 1. The van der Waals surface area contributed by atoms with Crippen LogP contribution in [-0.2, 0) is 57.4 Å². The Hall–Kier alpha value is -10.2. The van der Waals surface area contributed by atoms with E-state index in [9.17, 15) is 0 Å². The summed E-state index contributed by atoms with van der Waals surface area (Å²) >= 11 is 0. The van der Waals surface area contributed by atoms with Crippen molar-refractivity contribution in [2.75, 3.05) is 7.11 Å². The number of esters is 1. The first-order valence-electron chi connectivity index (χ1n) is 27.7. The minimum absolute atomic E-state index is 0.0252. The highest BCUT2D eigenvalue weighted by Crippen LogP contribution is 2.49. The van der Waals surface area contributed by atoms with Gasteiger partial charge >= 0.3 is 5.97 Å². The SMILES string of the molecule is COc1cc([C@@H]2Oc3cc(OCc4ccccc4)cc(OCc4ccccc4)c3C[C@H]2OC(=O)c2cc(OCc3ccccc3)c(OCc3ccccc3)c(OCc3ccccc3)c2F)cc(OCc2ccccc2)c1OCc1ccccc1. The first-order valence-corrected chi connectivity index (χ1v) is 27.7. The average Bonchev–Trinajstić information content (AvgIpc) is 2.41. The average molecular weight is 1120 g/mol. The highest BCUT2D eigenvalue weighted by molar-refractivity contribution is 5.92. The van der Waals surface area contributed by atoms with E-state index in [4.69, 9.17) is 47.4 Å². The molecule has 0 saturated carbocycles. The maximum absolute atomic E-state index is 17.9. The summed E-state index contributed by atoms with van der Waals surface area (Å²) in [6, 6.07) is 75.9. The van der Waals surface area contributed by atoms with Crippen LogP contribution in [0, 0.1) is 5.82 Å². The summed E-state index contributed by atoms with van der Waals surface area (Å²) in [7, 11) is 1.54. The maximum Gasteiger partial charge on any atom is 0.341 e. The van der Waals surface area contributed by atoms with Gasteiger partial charge in [-0.05, 0) is 51.1 Å². The molecule has 422 valence electrons. The van der Waals surface area contributed by atoms with Crippen molar-refractivity contribution in [3.8, 4) is 51.7 Å². The van der Waals surface area contributed by atoms with E-state index in [0.717, 1.165) is 38.9 Å². The fourth-order valence-corrected chi connectivity index (χ4v) is 9.64. The normalized spacial score (nSPS) is 13.3. The molecule has 2 atom stereocenters. The molecule has 0 aromatic heterocycles. The second-order valence-electron chi connectivity index (χ2n) is 19.9. The van der Waals surface area contributed by atoms with E-state index >= 15 is 9.18 Å². The van der Waals surface area contributed by atoms with E-state index in [1.165, 1.54) is 6.07 Å². The standard InChI is InChI=1S/C72H61FO11/c1-75-63-37-57(38-64(78-45-52-27-13-4-14-28-52)69(63)80-47-54-31-17-6-18-32-54)68-66(41-59-61(77-44-51-25-11-3-12-26-51)39-58(40-62(59)83-68)76-43-50-23-9-2-10-24-50)84-72(74)60-42-65(79-46-53-29-15-5-16-30-53)70(81-48-55-33-19-7-20-34-55)71(67(60)73)82-49-56-35-21-8-22-36-56/h2-40,42,66,68H,41,43-49H2,1H3/t66-,68+/m1/s1. The summed E-state index contributed by atoms with van der Waals surface area (Å²) in [6.07, 6.45) is -2.19. The van der Waals surface area contributed by atoms with Crippen LogP contribution < -0.4 is 42.6 Å². The van der Waals surface area contributed by atoms with Crippen molar-refractivity contribution in [1.29, 1.82) is 0 Å². The summed E-state index contributed by atoms with van der Waals surface area (Å²) in [4.78, 5) is 15.4. The van der Waals surface area contributed by atoms with Crippen LogP contribution in [0.25, 0.3) is 0 Å². The molecular formula is C72H61FO11. The summed E-state index contributed by atoms with van der Waals surface area (Å²) < 4.78 is 83.4. The number of fused-ring (bicyclic) bond motifs is 1. The molecular weight excluding hydrogens is 1060 g/mol. The Kier molecular flexibility index (Phi) is 18.2. The van der Waals surface area contributed by atoms with Crippen molar-refractivity contribution in [3.63, 3.8) is 0 Å². The third kappa shape index (κ3) is 14.3. The number of hydrogen-bond acceptors (Lipinski definition) is 11. The fraction of sp³-hybridized carbons (Fsp3) is 0.153. The zero-order chi connectivity index (χ0) is 57.3. The van der Waals surface area contributed by atoms with Crippen molar-refractivity contribution in [2.45, 2.75) is 64.9 Å². The van der Waals surface area contributed by atoms with Crippen LogP contribution >= 0.6 is 0 Å². The summed E-state index contributed by atoms with van der Waals surface area (Å²) in [5.74, 6) is 0.0174. The van der Waals surface area contributed by atoms with Gasteiger partial charge in [0.05, 0.1) is 7.11 Å². The minimum atomic E-state index is -1.15. The highest BCUT2D eigenvalue weighted by Gasteiger charge is 2.39. The molecule has 11 nitrogen and oxygen atoms in total.